The van der Waals surface area contributed by atoms with Gasteiger partial charge in [-0.3, -0.25) is 14.5 Å². The molecule has 33 heavy (non-hydrogen) atoms. The molecule has 0 atom stereocenters. The van der Waals surface area contributed by atoms with Crippen molar-refractivity contribution in [3.8, 4) is 0 Å². The summed E-state index contributed by atoms with van der Waals surface area (Å²) < 4.78 is 41.0. The van der Waals surface area contributed by atoms with Crippen molar-refractivity contribution in [2.24, 2.45) is 0 Å². The number of rotatable bonds is 5. The topological polar surface area (TPSA) is 92.1 Å². The number of alkyl halides is 3. The second-order valence-corrected chi connectivity index (χ2v) is 8.31. The highest BCUT2D eigenvalue weighted by Gasteiger charge is 2.42. The van der Waals surface area contributed by atoms with Crippen LogP contribution in [0.1, 0.15) is 30.5 Å². The first-order valence-corrected chi connectivity index (χ1v) is 10.1. The highest BCUT2D eigenvalue weighted by atomic mass is 19.4. The summed E-state index contributed by atoms with van der Waals surface area (Å²) in [5.41, 5.74) is -0.0942. The van der Waals surface area contributed by atoms with Crippen LogP contribution in [0.15, 0.2) is 37.1 Å². The predicted molar refractivity (Wildman–Crippen MR) is 116 cm³/mol. The van der Waals surface area contributed by atoms with Gasteiger partial charge in [-0.25, -0.2) is 4.98 Å². The number of anilines is 3. The third-order valence-corrected chi connectivity index (χ3v) is 5.77. The number of hydrogen-bond acceptors (Lipinski definition) is 7. The second kappa shape index (κ2) is 8.01. The van der Waals surface area contributed by atoms with E-state index in [1.807, 2.05) is 18.7 Å². The first kappa shape index (κ1) is 22.5. The molecule has 0 radical (unpaired) electrons. The fourth-order valence-corrected chi connectivity index (χ4v) is 3.63. The van der Waals surface area contributed by atoms with Gasteiger partial charge in [0.1, 0.15) is 11.2 Å². The summed E-state index contributed by atoms with van der Waals surface area (Å²) in [6.45, 7) is 3.91. The molecule has 0 bridgehead atoms. The maximum Gasteiger partial charge on any atom is 0.416 e. The number of fused-ring (bicyclic) bond motifs is 1. The minimum absolute atomic E-state index is 0.0370. The maximum atomic E-state index is 13.2. The van der Waals surface area contributed by atoms with E-state index in [2.05, 4.69) is 25.4 Å². The quantitative estimate of drug-likeness (QED) is 0.626. The van der Waals surface area contributed by atoms with Crippen LogP contribution < -0.4 is 15.1 Å². The second-order valence-electron chi connectivity index (χ2n) is 8.31. The van der Waals surface area contributed by atoms with E-state index in [1.54, 1.807) is 32.7 Å². The van der Waals surface area contributed by atoms with Crippen LogP contribution in [0, 0.1) is 0 Å². The van der Waals surface area contributed by atoms with Crippen LogP contribution >= 0.6 is 0 Å². The van der Waals surface area contributed by atoms with Crippen molar-refractivity contribution in [2.75, 3.05) is 29.2 Å². The number of carbonyl (C=O) groups excluding carboxylic acids is 1. The Morgan fingerprint density at radius 3 is 2.64 bits per heavy atom. The minimum atomic E-state index is -4.46. The molecule has 3 aromatic heterocycles. The lowest BCUT2D eigenvalue weighted by molar-refractivity contribution is -0.138. The fraction of sp³-hybridized carbons (Fsp3) is 0.381. The fourth-order valence-electron chi connectivity index (χ4n) is 3.63. The number of hydrogen-bond donors (Lipinski definition) is 1. The molecule has 1 aliphatic heterocycles. The first-order chi connectivity index (χ1) is 15.5. The summed E-state index contributed by atoms with van der Waals surface area (Å²) >= 11 is 0. The molecule has 4 heterocycles. The Morgan fingerprint density at radius 2 is 1.91 bits per heavy atom. The van der Waals surface area contributed by atoms with Gasteiger partial charge in [0.2, 0.25) is 5.95 Å². The van der Waals surface area contributed by atoms with Crippen molar-refractivity contribution in [2.45, 2.75) is 38.7 Å². The standard InChI is InChI=1S/C21H23F3N8O/c1-20(2)18(33)30(3)16-10-27-19(29-17(16)31(20)4)26-7-13-8-28-32(11-13)12-14-9-25-6-5-15(14)21(22,23)24/h5-6,8-11H,7,12H2,1-4H3,(H,26,27,29). The number of halogens is 3. The average molecular weight is 460 g/mol. The predicted octanol–water partition coefficient (Wildman–Crippen LogP) is 2.94. The molecular formula is C21H23F3N8O. The van der Waals surface area contributed by atoms with Crippen LogP contribution in [0.3, 0.4) is 0 Å². The largest absolute Gasteiger partial charge is 0.416 e. The zero-order valence-corrected chi connectivity index (χ0v) is 18.6. The van der Waals surface area contributed by atoms with Gasteiger partial charge in [0, 0.05) is 50.4 Å². The van der Waals surface area contributed by atoms with E-state index in [-0.39, 0.29) is 18.0 Å². The molecule has 0 spiro atoms. The third kappa shape index (κ3) is 4.20. The van der Waals surface area contributed by atoms with Crippen LogP contribution in [0.4, 0.5) is 30.6 Å². The smallest absolute Gasteiger partial charge is 0.350 e. The van der Waals surface area contributed by atoms with E-state index in [0.29, 0.717) is 24.0 Å². The number of nitrogens with zero attached hydrogens (tertiary/aromatic N) is 7. The molecular weight excluding hydrogens is 437 g/mol. The zero-order valence-electron chi connectivity index (χ0n) is 18.6. The summed E-state index contributed by atoms with van der Waals surface area (Å²) in [5.74, 6) is 0.918. The Hall–Kier alpha value is -3.70. The number of carbonyl (C=O) groups is 1. The van der Waals surface area contributed by atoms with Gasteiger partial charge in [-0.2, -0.15) is 23.3 Å². The Kier molecular flexibility index (Phi) is 5.46. The summed E-state index contributed by atoms with van der Waals surface area (Å²) in [6, 6.07) is 0.956. The van der Waals surface area contributed by atoms with Gasteiger partial charge in [-0.05, 0) is 19.9 Å². The highest BCUT2D eigenvalue weighted by Crippen LogP contribution is 2.37. The first-order valence-electron chi connectivity index (χ1n) is 10.1. The number of aromatic nitrogens is 5. The number of likely N-dealkylation sites (N-methyl/N-ethyl adjacent to an activating group) is 2. The van der Waals surface area contributed by atoms with Gasteiger partial charge in [0.05, 0.1) is 24.5 Å². The van der Waals surface area contributed by atoms with Crippen molar-refractivity contribution in [3.05, 3.63) is 53.7 Å². The van der Waals surface area contributed by atoms with Crippen LogP contribution in [0.5, 0.6) is 0 Å². The van der Waals surface area contributed by atoms with Crippen molar-refractivity contribution < 1.29 is 18.0 Å². The molecule has 174 valence electrons. The van der Waals surface area contributed by atoms with Crippen LogP contribution in [-0.4, -0.2) is 50.3 Å². The molecule has 4 rings (SSSR count). The Labute approximate surface area is 188 Å². The van der Waals surface area contributed by atoms with Gasteiger partial charge in [0.25, 0.3) is 5.91 Å². The van der Waals surface area contributed by atoms with Gasteiger partial charge in [-0.1, -0.05) is 0 Å². The normalized spacial score (nSPS) is 15.5. The Balaban J connectivity index is 1.47. The van der Waals surface area contributed by atoms with Crippen molar-refractivity contribution in [1.82, 2.24) is 24.7 Å². The number of amides is 1. The van der Waals surface area contributed by atoms with E-state index < -0.39 is 17.3 Å². The summed E-state index contributed by atoms with van der Waals surface area (Å²) in [6.07, 6.45) is 2.66. The molecule has 0 aliphatic carbocycles. The summed E-state index contributed by atoms with van der Waals surface area (Å²) in [5, 5.41) is 7.25. The molecule has 9 nitrogen and oxygen atoms in total. The SMILES string of the molecule is CN1C(=O)C(C)(C)N(C)c2nc(NCc3cnn(Cc4cnccc4C(F)(F)F)c3)ncc21. The van der Waals surface area contributed by atoms with Gasteiger partial charge >= 0.3 is 6.18 Å². The molecule has 3 aromatic rings. The molecule has 0 aromatic carbocycles. The summed E-state index contributed by atoms with van der Waals surface area (Å²) in [7, 11) is 3.49. The molecule has 0 unspecified atom stereocenters. The van der Waals surface area contributed by atoms with E-state index >= 15 is 0 Å². The molecule has 0 saturated carbocycles. The lowest BCUT2D eigenvalue weighted by atomic mass is 9.98. The third-order valence-electron chi connectivity index (χ3n) is 5.77. The number of pyridine rings is 1. The maximum absolute atomic E-state index is 13.2. The van der Waals surface area contributed by atoms with Crippen molar-refractivity contribution >= 4 is 23.4 Å². The van der Waals surface area contributed by atoms with Gasteiger partial charge in [0.15, 0.2) is 5.82 Å². The lowest BCUT2D eigenvalue weighted by Crippen LogP contribution is -2.58. The van der Waals surface area contributed by atoms with Crippen molar-refractivity contribution in [3.63, 3.8) is 0 Å². The zero-order chi connectivity index (χ0) is 24.0. The van der Waals surface area contributed by atoms with Crippen LogP contribution in [0.25, 0.3) is 0 Å². The van der Waals surface area contributed by atoms with E-state index in [4.69, 9.17) is 0 Å². The Bertz CT molecular complexity index is 1190. The lowest BCUT2D eigenvalue weighted by Gasteiger charge is -2.43. The van der Waals surface area contributed by atoms with Crippen LogP contribution in [-0.2, 0) is 24.1 Å². The molecule has 0 saturated heterocycles. The van der Waals surface area contributed by atoms with Crippen LogP contribution in [0.2, 0.25) is 0 Å². The van der Waals surface area contributed by atoms with Gasteiger partial charge in [-0.15, -0.1) is 0 Å². The minimum Gasteiger partial charge on any atom is -0.350 e. The van der Waals surface area contributed by atoms with E-state index in [9.17, 15) is 18.0 Å². The Morgan fingerprint density at radius 1 is 1.15 bits per heavy atom. The summed E-state index contributed by atoms with van der Waals surface area (Å²) in [4.78, 5) is 28.5. The molecule has 0 fully saturated rings. The highest BCUT2D eigenvalue weighted by molar-refractivity contribution is 6.06. The number of nitrogens with one attached hydrogen (secondary N) is 1. The molecule has 1 amide bonds. The monoisotopic (exact) mass is 460 g/mol. The molecule has 12 heteroatoms. The molecule has 1 aliphatic rings. The van der Waals surface area contributed by atoms with Crippen molar-refractivity contribution in [1.29, 1.82) is 0 Å². The molecule has 1 N–H and O–H groups in total. The van der Waals surface area contributed by atoms with Gasteiger partial charge < -0.3 is 15.1 Å². The van der Waals surface area contributed by atoms with E-state index in [0.717, 1.165) is 17.8 Å². The average Bonchev–Trinajstić information content (AvgIpc) is 3.22. The van der Waals surface area contributed by atoms with E-state index in [1.165, 1.54) is 15.8 Å².